The number of thiazole rings is 1. The molecule has 7 rings (SSSR count). The van der Waals surface area contributed by atoms with Crippen LogP contribution < -0.4 is 16.0 Å². The number of amides is 4. The molecule has 5 heterocycles. The number of nitrogens with zero attached hydrogens (tertiary/aromatic N) is 6. The van der Waals surface area contributed by atoms with E-state index >= 15 is 0 Å². The third-order valence-electron chi connectivity index (χ3n) is 14.1. The number of benzene rings is 2. The second-order valence-electron chi connectivity index (χ2n) is 20.6. The lowest BCUT2D eigenvalue weighted by Crippen LogP contribution is -2.60. The lowest BCUT2D eigenvalue weighted by Gasteiger charge is -2.37. The van der Waals surface area contributed by atoms with Crippen LogP contribution in [0.25, 0.3) is 15.4 Å². The number of unbranched alkanes of at least 4 members (excludes halogenated alkanes) is 3. The van der Waals surface area contributed by atoms with Gasteiger partial charge in [0.1, 0.15) is 35.6 Å². The zero-order valence-electron chi connectivity index (χ0n) is 47.6. The fourth-order valence-electron chi connectivity index (χ4n) is 9.54. The van der Waals surface area contributed by atoms with Gasteiger partial charge in [-0.05, 0) is 83.2 Å². The van der Waals surface area contributed by atoms with E-state index in [2.05, 4.69) is 45.0 Å². The number of thioether (sulfide) groups is 1. The minimum atomic E-state index is -1.09. The Morgan fingerprint density at radius 1 is 0.817 bits per heavy atom. The minimum absolute atomic E-state index is 0.0498. The zero-order chi connectivity index (χ0) is 58.6. The van der Waals surface area contributed by atoms with Crippen molar-refractivity contribution < 1.29 is 48.0 Å². The summed E-state index contributed by atoms with van der Waals surface area (Å²) in [7, 11) is 0. The summed E-state index contributed by atoms with van der Waals surface area (Å²) in [6, 6.07) is 12.8. The van der Waals surface area contributed by atoms with E-state index in [1.807, 2.05) is 86.3 Å². The standard InChI is InChI=1S/C58H77Cl2N9O10S3/c1-37-39(3)82-57-50(37)51(42-15-17-44(60)18-16-42)64-46(54-67-66-40(4)69(54)57)32-48(71)61-20-22-76-24-25-77-27-28-79-35-49(72)65-53(58(5,6)81-30-29-78-26-23-75-21-10-8-7-9-19-59)56(74)68-34-45(70)31-47(68)55(73)62-33-41-11-13-43(14-12-41)52-38(2)63-36-80-52/h11-18,36,45-47,53,70H,7-10,19-35H2,1-6H3,(H,61,71)(H,62,73)(H,65,72)/t45-,46+,47+,53-/m1/s1. The number of aliphatic hydroxyl groups is 1. The number of thiophene rings is 1. The Morgan fingerprint density at radius 2 is 1.49 bits per heavy atom. The van der Waals surface area contributed by atoms with Crippen molar-refractivity contribution in [3.05, 3.63) is 104 Å². The van der Waals surface area contributed by atoms with Crippen LogP contribution in [0.15, 0.2) is 59.0 Å². The molecule has 1 fully saturated rings. The number of nitrogens with one attached hydrogen (secondary N) is 3. The highest BCUT2D eigenvalue weighted by molar-refractivity contribution is 8.00. The average molecular weight is 1230 g/mol. The number of β-amino-alcohol motifs (C(OH)–C–C–N with tert-alkyl or cyclic N) is 1. The summed E-state index contributed by atoms with van der Waals surface area (Å²) in [5.41, 5.74) is 8.42. The summed E-state index contributed by atoms with van der Waals surface area (Å²) in [5, 5.41) is 30.1. The number of aliphatic hydroxyl groups excluding tert-OH is 1. The van der Waals surface area contributed by atoms with E-state index in [1.54, 1.807) is 22.7 Å². The van der Waals surface area contributed by atoms with E-state index in [0.29, 0.717) is 54.7 Å². The van der Waals surface area contributed by atoms with E-state index < -0.39 is 46.7 Å². The van der Waals surface area contributed by atoms with Crippen LogP contribution in [0.1, 0.15) is 103 Å². The molecule has 4 atom stereocenters. The first-order chi connectivity index (χ1) is 39.6. The van der Waals surface area contributed by atoms with Crippen molar-refractivity contribution in [1.29, 1.82) is 0 Å². The van der Waals surface area contributed by atoms with Gasteiger partial charge in [0.2, 0.25) is 23.6 Å². The van der Waals surface area contributed by atoms with Gasteiger partial charge in [0, 0.05) is 70.1 Å². The van der Waals surface area contributed by atoms with Gasteiger partial charge in [0.15, 0.2) is 5.82 Å². The van der Waals surface area contributed by atoms with Crippen molar-refractivity contribution in [3.8, 4) is 15.4 Å². The smallest absolute Gasteiger partial charge is 0.247 e. The molecule has 0 unspecified atom stereocenters. The number of carbonyl (C=O) groups is 4. The maximum atomic E-state index is 14.6. The van der Waals surface area contributed by atoms with Crippen LogP contribution in [0.2, 0.25) is 5.02 Å². The molecular formula is C58H77Cl2N9O10S3. The molecule has 4 amide bonds. The first-order valence-electron chi connectivity index (χ1n) is 27.8. The number of likely N-dealkylation sites (tertiary alicyclic amines) is 1. The monoisotopic (exact) mass is 1230 g/mol. The van der Waals surface area contributed by atoms with E-state index in [1.165, 1.54) is 16.7 Å². The van der Waals surface area contributed by atoms with E-state index in [0.717, 1.165) is 79.7 Å². The fraction of sp³-hybridized carbons (Fsp3) is 0.552. The fourth-order valence-corrected chi connectivity index (χ4v) is 12.9. The summed E-state index contributed by atoms with van der Waals surface area (Å²) in [4.78, 5) is 68.5. The highest BCUT2D eigenvalue weighted by Crippen LogP contribution is 2.40. The first-order valence-corrected chi connectivity index (χ1v) is 31.4. The molecule has 19 nitrogen and oxygen atoms in total. The summed E-state index contributed by atoms with van der Waals surface area (Å²) in [5.74, 6) is 0.854. The van der Waals surface area contributed by atoms with Gasteiger partial charge in [0.05, 0.1) is 87.2 Å². The van der Waals surface area contributed by atoms with E-state index in [4.69, 9.17) is 51.9 Å². The zero-order valence-corrected chi connectivity index (χ0v) is 51.6. The second kappa shape index (κ2) is 32.4. The lowest BCUT2D eigenvalue weighted by atomic mass is 9.99. The van der Waals surface area contributed by atoms with Crippen LogP contribution in [0.5, 0.6) is 0 Å². The van der Waals surface area contributed by atoms with Crippen LogP contribution in [-0.4, -0.2) is 173 Å². The van der Waals surface area contributed by atoms with Crippen molar-refractivity contribution in [2.45, 2.75) is 116 Å². The number of carbonyl (C=O) groups excluding carboxylic acids is 4. The van der Waals surface area contributed by atoms with Gasteiger partial charge in [-0.15, -0.1) is 44.5 Å². The molecule has 0 bridgehead atoms. The van der Waals surface area contributed by atoms with Crippen molar-refractivity contribution in [2.24, 2.45) is 4.99 Å². The van der Waals surface area contributed by atoms with Crippen LogP contribution >= 0.6 is 57.6 Å². The molecular weight excluding hydrogens is 1150 g/mol. The number of rotatable bonds is 34. The first kappa shape index (κ1) is 64.7. The molecule has 0 saturated carbocycles. The van der Waals surface area contributed by atoms with Gasteiger partial charge in [0.25, 0.3) is 0 Å². The minimum Gasteiger partial charge on any atom is -0.391 e. The van der Waals surface area contributed by atoms with Gasteiger partial charge in [-0.2, -0.15) is 11.8 Å². The number of hydrogen-bond donors (Lipinski definition) is 4. The summed E-state index contributed by atoms with van der Waals surface area (Å²) < 4.78 is 29.8. The van der Waals surface area contributed by atoms with Gasteiger partial charge in [-0.1, -0.05) is 60.8 Å². The van der Waals surface area contributed by atoms with Crippen molar-refractivity contribution >= 4 is 87.0 Å². The molecule has 82 heavy (non-hydrogen) atoms. The van der Waals surface area contributed by atoms with Gasteiger partial charge >= 0.3 is 0 Å². The van der Waals surface area contributed by atoms with Gasteiger partial charge in [-0.3, -0.25) is 28.7 Å². The highest BCUT2D eigenvalue weighted by Gasteiger charge is 2.46. The Balaban J connectivity index is 0.843. The number of halogens is 2. The quantitative estimate of drug-likeness (QED) is 0.0227. The van der Waals surface area contributed by atoms with E-state index in [9.17, 15) is 24.3 Å². The molecule has 4 N–H and O–H groups in total. The molecule has 0 spiro atoms. The Labute approximate surface area is 503 Å². The second-order valence-corrected chi connectivity index (χ2v) is 25.2. The summed E-state index contributed by atoms with van der Waals surface area (Å²) in [6.07, 6.45) is 3.30. The molecule has 3 aromatic heterocycles. The molecule has 5 aromatic rings. The molecule has 2 aliphatic rings. The van der Waals surface area contributed by atoms with Crippen LogP contribution in [0.3, 0.4) is 0 Å². The molecule has 1 saturated heterocycles. The average Bonchev–Trinajstić information content (AvgIpc) is 3.96. The summed E-state index contributed by atoms with van der Waals surface area (Å²) >= 11 is 16.7. The number of hydrogen-bond acceptors (Lipinski definition) is 17. The summed E-state index contributed by atoms with van der Waals surface area (Å²) in [6.45, 7) is 14.8. The van der Waals surface area contributed by atoms with Crippen LogP contribution in [-0.2, 0) is 49.4 Å². The molecule has 2 aliphatic heterocycles. The highest BCUT2D eigenvalue weighted by atomic mass is 35.5. The van der Waals surface area contributed by atoms with Crippen molar-refractivity contribution in [3.63, 3.8) is 0 Å². The Bertz CT molecular complexity index is 2900. The number of aromatic nitrogens is 4. The maximum absolute atomic E-state index is 14.6. The van der Waals surface area contributed by atoms with E-state index in [-0.39, 0.29) is 78.0 Å². The lowest BCUT2D eigenvalue weighted by molar-refractivity contribution is -0.142. The number of aryl methyl sites for hydroxylation is 3. The third-order valence-corrected chi connectivity index (χ3v) is 18.1. The third kappa shape index (κ3) is 18.3. The largest absolute Gasteiger partial charge is 0.391 e. The topological polar surface area (TPSA) is 230 Å². The van der Waals surface area contributed by atoms with Crippen LogP contribution in [0.4, 0.5) is 0 Å². The maximum Gasteiger partial charge on any atom is 0.247 e. The Morgan fingerprint density at radius 3 is 2.20 bits per heavy atom. The SMILES string of the molecule is Cc1ncsc1-c1ccc(CNC(=O)[C@@H]2C[C@@H](O)CN2C(=O)[C@@H](NC(=O)COCCOCCOCCNC(=O)C[C@@H]2N=C(c3ccc(Cl)cc3)c3c(sc(C)c3C)-n3c(C)nnc32)C(C)(C)SCCOCCOCCCCCCCl)cc1. The van der Waals surface area contributed by atoms with Crippen molar-refractivity contribution in [1.82, 2.24) is 40.6 Å². The van der Waals surface area contributed by atoms with Crippen LogP contribution in [0, 0.1) is 27.7 Å². The number of alkyl halides is 1. The number of ether oxygens (including phenoxy) is 5. The predicted octanol–water partition coefficient (Wildman–Crippen LogP) is 7.89. The predicted molar refractivity (Wildman–Crippen MR) is 323 cm³/mol. The van der Waals surface area contributed by atoms with Gasteiger partial charge in [-0.25, -0.2) is 4.98 Å². The van der Waals surface area contributed by atoms with Gasteiger partial charge < -0.3 is 49.6 Å². The van der Waals surface area contributed by atoms with Crippen molar-refractivity contribution in [2.75, 3.05) is 90.8 Å². The Hall–Kier alpha value is -4.85. The molecule has 2 aromatic carbocycles. The Kier molecular flexibility index (Phi) is 25.6. The number of aliphatic imine (C=N–C) groups is 1. The number of fused-ring (bicyclic) bond motifs is 3. The molecule has 24 heteroatoms. The molecule has 446 valence electrons. The molecule has 0 radical (unpaired) electrons. The molecule has 0 aliphatic carbocycles. The normalized spacial score (nSPS) is 16.3.